The van der Waals surface area contributed by atoms with Crippen LogP contribution in [0, 0.1) is 17.6 Å². The molecule has 0 spiro atoms. The second kappa shape index (κ2) is 7.99. The molecule has 33 heavy (non-hydrogen) atoms. The monoisotopic (exact) mass is 441 g/mol. The van der Waals surface area contributed by atoms with Gasteiger partial charge in [0, 0.05) is 41.2 Å². The van der Waals surface area contributed by atoms with Gasteiger partial charge in [0.05, 0.1) is 35.2 Å². The van der Waals surface area contributed by atoms with Gasteiger partial charge in [-0.25, -0.2) is 13.8 Å². The zero-order chi connectivity index (χ0) is 22.4. The Morgan fingerprint density at radius 3 is 2.64 bits per heavy atom. The third-order valence-corrected chi connectivity index (χ3v) is 6.44. The highest BCUT2D eigenvalue weighted by molar-refractivity contribution is 6.32. The summed E-state index contributed by atoms with van der Waals surface area (Å²) in [6.07, 6.45) is 11.6. The Labute approximate surface area is 189 Å². The molecule has 3 aromatic heterocycles. The molecule has 4 heterocycles. The van der Waals surface area contributed by atoms with E-state index in [1.807, 2.05) is 41.4 Å². The summed E-state index contributed by atoms with van der Waals surface area (Å²) in [5.41, 5.74) is 6.20. The molecule has 5 nitrogen and oxygen atoms in total. The molecule has 0 unspecified atom stereocenters. The van der Waals surface area contributed by atoms with Crippen LogP contribution in [0.3, 0.4) is 0 Å². The van der Waals surface area contributed by atoms with E-state index in [4.69, 9.17) is 4.98 Å². The van der Waals surface area contributed by atoms with Crippen LogP contribution in [0.4, 0.5) is 8.78 Å². The quantitative estimate of drug-likeness (QED) is 0.413. The van der Waals surface area contributed by atoms with Gasteiger partial charge in [0.15, 0.2) is 11.6 Å². The van der Waals surface area contributed by atoms with Crippen LogP contribution < -0.4 is 0 Å². The van der Waals surface area contributed by atoms with Crippen molar-refractivity contribution in [2.45, 2.75) is 25.8 Å². The molecule has 1 saturated carbocycles. The Morgan fingerprint density at radius 1 is 0.909 bits per heavy atom. The molecule has 2 aliphatic rings. The fourth-order valence-corrected chi connectivity index (χ4v) is 4.39. The number of aromatic nitrogens is 4. The lowest BCUT2D eigenvalue weighted by molar-refractivity contribution is 0.266. The molecule has 1 aliphatic carbocycles. The molecule has 0 radical (unpaired) electrons. The van der Waals surface area contributed by atoms with Crippen molar-refractivity contribution in [3.63, 3.8) is 0 Å². The topological polar surface area (TPSA) is 56.0 Å². The first kappa shape index (κ1) is 19.9. The predicted molar refractivity (Wildman–Crippen MR) is 124 cm³/mol. The fraction of sp³-hybridized carbons (Fsp3) is 0.231. The minimum Gasteiger partial charge on any atom is -0.280 e. The van der Waals surface area contributed by atoms with Crippen molar-refractivity contribution < 1.29 is 8.78 Å². The van der Waals surface area contributed by atoms with Crippen molar-refractivity contribution in [2.75, 3.05) is 6.54 Å². The molecule has 0 bridgehead atoms. The molecule has 164 valence electrons. The Bertz CT molecular complexity index is 1430. The highest BCUT2D eigenvalue weighted by atomic mass is 19.2. The van der Waals surface area contributed by atoms with E-state index in [0.29, 0.717) is 17.8 Å². The molecule has 0 atom stereocenters. The summed E-state index contributed by atoms with van der Waals surface area (Å²) in [4.78, 5) is 13.9. The van der Waals surface area contributed by atoms with Crippen LogP contribution in [0.2, 0.25) is 0 Å². The number of benzene rings is 1. The molecule has 0 amide bonds. The van der Waals surface area contributed by atoms with Crippen molar-refractivity contribution in [3.8, 4) is 11.1 Å². The normalized spacial score (nSPS) is 16.1. The van der Waals surface area contributed by atoms with Crippen molar-refractivity contribution >= 4 is 22.3 Å². The summed E-state index contributed by atoms with van der Waals surface area (Å²) in [7, 11) is 0. The first-order valence-corrected chi connectivity index (χ1v) is 11.1. The molecule has 4 aromatic rings. The van der Waals surface area contributed by atoms with Gasteiger partial charge in [-0.15, -0.1) is 0 Å². The highest BCUT2D eigenvalue weighted by Gasteiger charge is 2.20. The van der Waals surface area contributed by atoms with Crippen molar-refractivity contribution in [1.82, 2.24) is 19.7 Å². The number of hydrogen-bond acceptors (Lipinski definition) is 4. The number of pyridine rings is 2. The highest BCUT2D eigenvalue weighted by Crippen LogP contribution is 2.29. The van der Waals surface area contributed by atoms with Crippen LogP contribution in [-0.2, 0) is 6.54 Å². The van der Waals surface area contributed by atoms with Crippen LogP contribution in [0.15, 0.2) is 66.1 Å². The van der Waals surface area contributed by atoms with Crippen LogP contribution in [0.1, 0.15) is 30.5 Å². The lowest BCUT2D eigenvalue weighted by atomic mass is 9.85. The van der Waals surface area contributed by atoms with Crippen LogP contribution in [0.5, 0.6) is 0 Å². The van der Waals surface area contributed by atoms with E-state index < -0.39 is 11.6 Å². The average Bonchev–Trinajstić information content (AvgIpc) is 3.47. The van der Waals surface area contributed by atoms with Crippen molar-refractivity contribution in [2.24, 2.45) is 10.9 Å². The summed E-state index contributed by atoms with van der Waals surface area (Å²) < 4.78 is 29.2. The molecule has 6 rings (SSSR count). The van der Waals surface area contributed by atoms with Gasteiger partial charge in [0.25, 0.3) is 0 Å². The maximum absolute atomic E-state index is 13.8. The number of allylic oxidation sites excluding steroid dienone is 1. The number of fused-ring (bicyclic) bond motifs is 1. The Hall–Kier alpha value is -3.74. The van der Waals surface area contributed by atoms with Crippen LogP contribution >= 0.6 is 0 Å². The summed E-state index contributed by atoms with van der Waals surface area (Å²) in [5.74, 6) is -1.03. The summed E-state index contributed by atoms with van der Waals surface area (Å²) >= 11 is 0. The summed E-state index contributed by atoms with van der Waals surface area (Å²) in [6.45, 7) is 1.44. The lowest BCUT2D eigenvalue weighted by Crippen LogP contribution is -2.18. The Balaban J connectivity index is 1.31. The van der Waals surface area contributed by atoms with E-state index in [9.17, 15) is 8.78 Å². The lowest BCUT2D eigenvalue weighted by Gasteiger charge is -2.24. The van der Waals surface area contributed by atoms with Gasteiger partial charge in [0.2, 0.25) is 0 Å². The van der Waals surface area contributed by atoms with E-state index in [-0.39, 0.29) is 0 Å². The Morgan fingerprint density at radius 2 is 1.82 bits per heavy atom. The molecule has 0 saturated heterocycles. The smallest absolute Gasteiger partial charge is 0.159 e. The van der Waals surface area contributed by atoms with Crippen molar-refractivity contribution in [1.29, 1.82) is 0 Å². The molecule has 1 aliphatic heterocycles. The van der Waals surface area contributed by atoms with Gasteiger partial charge < -0.3 is 0 Å². The molecular formula is C26H21F2N5. The van der Waals surface area contributed by atoms with E-state index in [0.717, 1.165) is 52.0 Å². The van der Waals surface area contributed by atoms with Gasteiger partial charge in [-0.2, -0.15) is 5.10 Å². The molecule has 0 N–H and O–H groups in total. The third kappa shape index (κ3) is 3.73. The maximum atomic E-state index is 13.8. The van der Waals surface area contributed by atoms with Crippen LogP contribution in [0.25, 0.3) is 27.7 Å². The standard InChI is InChI=1S/C26H21F2N5/c27-21-5-4-17(10-22(21)28)26-20(8-9-29-26)23-6-7-24-25(32-23)11-18(12-30-24)19-13-31-33(15-19)14-16-2-1-3-16/h4-8,10-13,15-16H,1-3,9,14H2. The van der Waals surface area contributed by atoms with Gasteiger partial charge in [-0.3, -0.25) is 14.7 Å². The second-order valence-electron chi connectivity index (χ2n) is 8.64. The third-order valence-electron chi connectivity index (χ3n) is 6.44. The number of rotatable bonds is 5. The maximum Gasteiger partial charge on any atom is 0.159 e. The summed E-state index contributed by atoms with van der Waals surface area (Å²) in [6, 6.07) is 9.66. The molecule has 1 aromatic carbocycles. The van der Waals surface area contributed by atoms with Gasteiger partial charge >= 0.3 is 0 Å². The first-order chi connectivity index (χ1) is 16.1. The second-order valence-corrected chi connectivity index (χ2v) is 8.64. The van der Waals surface area contributed by atoms with Gasteiger partial charge in [0.1, 0.15) is 0 Å². The Kier molecular flexibility index (Phi) is 4.82. The largest absolute Gasteiger partial charge is 0.280 e. The molecular weight excluding hydrogens is 420 g/mol. The zero-order valence-electron chi connectivity index (χ0n) is 17.9. The molecule has 7 heteroatoms. The first-order valence-electron chi connectivity index (χ1n) is 11.1. The van der Waals surface area contributed by atoms with Crippen molar-refractivity contribution in [3.05, 3.63) is 84.0 Å². The van der Waals surface area contributed by atoms with E-state index >= 15 is 0 Å². The van der Waals surface area contributed by atoms with Gasteiger partial charge in [-0.05, 0) is 55.2 Å². The minimum atomic E-state index is -0.889. The minimum absolute atomic E-state index is 0.474. The van der Waals surface area contributed by atoms with Gasteiger partial charge in [-0.1, -0.05) is 12.5 Å². The number of aliphatic imine (C=N–C) groups is 1. The zero-order valence-corrected chi connectivity index (χ0v) is 17.9. The van der Waals surface area contributed by atoms with E-state index in [1.165, 1.54) is 25.3 Å². The molecule has 1 fully saturated rings. The number of hydrogen-bond donors (Lipinski definition) is 0. The average molecular weight is 441 g/mol. The van der Waals surface area contributed by atoms with E-state index in [1.54, 1.807) is 6.07 Å². The number of nitrogens with zero attached hydrogens (tertiary/aromatic N) is 5. The fourth-order valence-electron chi connectivity index (χ4n) is 4.39. The van der Waals surface area contributed by atoms with E-state index in [2.05, 4.69) is 21.3 Å². The number of halogens is 2. The SMILES string of the molecule is Fc1ccc(C2=NCC=C2c2ccc3ncc(-c4cnn(CC5CCC5)c4)cc3n2)cc1F. The summed E-state index contributed by atoms with van der Waals surface area (Å²) in [5, 5.41) is 4.52. The van der Waals surface area contributed by atoms with Crippen LogP contribution in [-0.4, -0.2) is 32.0 Å². The predicted octanol–water partition coefficient (Wildman–Crippen LogP) is 5.46.